The maximum absolute atomic E-state index is 13.6. The first-order chi connectivity index (χ1) is 17.9. The number of hydrogen-bond donors (Lipinski definition) is 8. The molecule has 1 aromatic rings. The largest absolute Gasteiger partial charge is 0.384 e. The molecule has 0 aliphatic heterocycles. The molecule has 0 unspecified atom stereocenters. The van der Waals surface area contributed by atoms with Crippen LogP contribution in [0.3, 0.4) is 0 Å². The van der Waals surface area contributed by atoms with Gasteiger partial charge in [-0.1, -0.05) is 18.2 Å². The minimum Gasteiger partial charge on any atom is -0.384 e. The summed E-state index contributed by atoms with van der Waals surface area (Å²) in [5, 5.41) is 25.1. The van der Waals surface area contributed by atoms with Crippen molar-refractivity contribution in [1.29, 1.82) is 10.8 Å². The summed E-state index contributed by atoms with van der Waals surface area (Å²) in [6.07, 6.45) is 0.922. The molecule has 0 spiro atoms. The van der Waals surface area contributed by atoms with Crippen LogP contribution in [-0.4, -0.2) is 66.8 Å². The molecule has 1 aromatic carbocycles. The standard InChI is InChI=1S/C25H38N8O5/c1-16(35)10-11-25(33-24(38)30-2,14-17-5-3-6-18(13-17)22(26)27)20(36)8-9-21(37)32-19(15-34)7-4-12-31-23(28)29/h3,5-6,13,15,19H,4,7-12,14H2,1-2H3,(H3,26,27)(H,32,37)(H4,28,29,31)(H2,30,33,38)/t19-,25+/m0/s1. The summed E-state index contributed by atoms with van der Waals surface area (Å²) < 4.78 is 0. The van der Waals surface area contributed by atoms with E-state index in [-0.39, 0.29) is 49.7 Å². The lowest BCUT2D eigenvalue weighted by Crippen LogP contribution is -2.58. The fourth-order valence-corrected chi connectivity index (χ4v) is 3.83. The van der Waals surface area contributed by atoms with Crippen molar-refractivity contribution in [1.82, 2.24) is 21.3 Å². The fourth-order valence-electron chi connectivity index (χ4n) is 3.83. The van der Waals surface area contributed by atoms with Gasteiger partial charge in [0.2, 0.25) is 5.91 Å². The number of carbonyl (C=O) groups is 5. The average Bonchev–Trinajstić information content (AvgIpc) is 2.87. The lowest BCUT2D eigenvalue weighted by molar-refractivity contribution is -0.130. The maximum Gasteiger partial charge on any atom is 0.315 e. The number of guanidine groups is 1. The SMILES string of the molecule is CNC(=O)N[C@](CCC(C)=O)(Cc1cccc(C(=N)N)c1)C(=O)CCC(=O)N[C@H](C=O)CCCNC(=N)N. The van der Waals surface area contributed by atoms with Crippen LogP contribution < -0.4 is 32.7 Å². The molecule has 0 heterocycles. The minimum atomic E-state index is -1.51. The van der Waals surface area contributed by atoms with Gasteiger partial charge in [0.25, 0.3) is 0 Å². The topological polar surface area (TPSA) is 233 Å². The van der Waals surface area contributed by atoms with E-state index >= 15 is 0 Å². The van der Waals surface area contributed by atoms with E-state index in [9.17, 15) is 24.0 Å². The van der Waals surface area contributed by atoms with Gasteiger partial charge >= 0.3 is 6.03 Å². The van der Waals surface area contributed by atoms with Gasteiger partial charge in [-0.3, -0.25) is 20.4 Å². The van der Waals surface area contributed by atoms with E-state index in [4.69, 9.17) is 22.3 Å². The Morgan fingerprint density at radius 1 is 1.11 bits per heavy atom. The number of urea groups is 1. The van der Waals surface area contributed by atoms with Crippen molar-refractivity contribution < 1.29 is 24.0 Å². The Bertz CT molecular complexity index is 1040. The van der Waals surface area contributed by atoms with Gasteiger partial charge in [0.1, 0.15) is 23.4 Å². The number of nitrogens with one attached hydrogen (secondary N) is 6. The number of aldehydes is 1. The van der Waals surface area contributed by atoms with E-state index in [1.54, 1.807) is 24.3 Å². The number of Topliss-reactive ketones (excluding diaryl/α,β-unsaturated/α-hetero) is 2. The highest BCUT2D eigenvalue weighted by atomic mass is 16.2. The molecule has 3 amide bonds. The number of benzene rings is 1. The highest BCUT2D eigenvalue weighted by Crippen LogP contribution is 2.24. The van der Waals surface area contributed by atoms with Crippen LogP contribution in [0.4, 0.5) is 4.79 Å². The highest BCUT2D eigenvalue weighted by molar-refractivity contribution is 5.96. The van der Waals surface area contributed by atoms with Gasteiger partial charge in [0, 0.05) is 44.8 Å². The summed E-state index contributed by atoms with van der Waals surface area (Å²) in [4.78, 5) is 61.7. The number of carbonyl (C=O) groups excluding carboxylic acids is 5. The molecule has 0 aliphatic rings. The third-order valence-electron chi connectivity index (χ3n) is 5.86. The Morgan fingerprint density at radius 2 is 1.82 bits per heavy atom. The maximum atomic E-state index is 13.6. The van der Waals surface area contributed by atoms with Crippen LogP contribution in [-0.2, 0) is 25.6 Å². The van der Waals surface area contributed by atoms with Crippen molar-refractivity contribution in [3.05, 3.63) is 35.4 Å². The molecule has 0 fully saturated rings. The summed E-state index contributed by atoms with van der Waals surface area (Å²) in [6, 6.07) is 5.26. The van der Waals surface area contributed by atoms with Gasteiger partial charge in [0.15, 0.2) is 11.7 Å². The molecule has 0 bridgehead atoms. The predicted octanol–water partition coefficient (Wildman–Crippen LogP) is -0.154. The van der Waals surface area contributed by atoms with Crippen molar-refractivity contribution in [2.75, 3.05) is 13.6 Å². The fraction of sp³-hybridized carbons (Fsp3) is 0.480. The zero-order valence-corrected chi connectivity index (χ0v) is 21.8. The van der Waals surface area contributed by atoms with Crippen molar-refractivity contribution in [2.45, 2.75) is 63.5 Å². The number of amides is 3. The van der Waals surface area contributed by atoms with Gasteiger partial charge in [-0.25, -0.2) is 4.79 Å². The average molecular weight is 531 g/mol. The molecule has 0 saturated carbocycles. The van der Waals surface area contributed by atoms with E-state index in [0.29, 0.717) is 36.8 Å². The molecule has 10 N–H and O–H groups in total. The molecule has 0 saturated heterocycles. The van der Waals surface area contributed by atoms with E-state index in [1.165, 1.54) is 14.0 Å². The molecule has 1 rings (SSSR count). The molecular weight excluding hydrogens is 492 g/mol. The molecular formula is C25H38N8O5. The Hall–Kier alpha value is -4.29. The van der Waals surface area contributed by atoms with Crippen molar-refractivity contribution in [3.8, 4) is 0 Å². The summed E-state index contributed by atoms with van der Waals surface area (Å²) in [5.74, 6) is -1.51. The summed E-state index contributed by atoms with van der Waals surface area (Å²) >= 11 is 0. The van der Waals surface area contributed by atoms with E-state index in [1.807, 2.05) is 0 Å². The van der Waals surface area contributed by atoms with Gasteiger partial charge in [-0.05, 0) is 37.8 Å². The summed E-state index contributed by atoms with van der Waals surface area (Å²) in [6.45, 7) is 1.74. The summed E-state index contributed by atoms with van der Waals surface area (Å²) in [5.41, 5.74) is 10.3. The molecule has 208 valence electrons. The van der Waals surface area contributed by atoms with Crippen molar-refractivity contribution in [3.63, 3.8) is 0 Å². The van der Waals surface area contributed by atoms with Crippen LogP contribution in [0.25, 0.3) is 0 Å². The van der Waals surface area contributed by atoms with Gasteiger partial charge in [0.05, 0.1) is 6.04 Å². The van der Waals surface area contributed by atoms with Gasteiger partial charge in [-0.15, -0.1) is 0 Å². The summed E-state index contributed by atoms with van der Waals surface area (Å²) in [7, 11) is 1.39. The second-order valence-electron chi connectivity index (χ2n) is 9.00. The number of nitrogen functional groups attached to an aromatic ring is 1. The first-order valence-corrected chi connectivity index (χ1v) is 12.2. The zero-order valence-electron chi connectivity index (χ0n) is 21.8. The Labute approximate surface area is 221 Å². The van der Waals surface area contributed by atoms with Crippen LogP contribution >= 0.6 is 0 Å². The van der Waals surface area contributed by atoms with E-state index < -0.39 is 29.3 Å². The second-order valence-corrected chi connectivity index (χ2v) is 9.00. The highest BCUT2D eigenvalue weighted by Gasteiger charge is 2.39. The number of amidine groups is 1. The second kappa shape index (κ2) is 15.7. The molecule has 2 atom stereocenters. The number of rotatable bonds is 17. The third-order valence-corrected chi connectivity index (χ3v) is 5.86. The normalized spacial score (nSPS) is 12.8. The lowest BCUT2D eigenvalue weighted by atomic mass is 9.80. The zero-order chi connectivity index (χ0) is 28.7. The van der Waals surface area contributed by atoms with Gasteiger partial charge < -0.3 is 42.3 Å². The Morgan fingerprint density at radius 3 is 2.39 bits per heavy atom. The minimum absolute atomic E-state index is 0.000611. The number of ketones is 2. The molecule has 0 aromatic heterocycles. The monoisotopic (exact) mass is 530 g/mol. The molecule has 38 heavy (non-hydrogen) atoms. The van der Waals surface area contributed by atoms with Crippen molar-refractivity contribution >= 4 is 41.6 Å². The molecule has 0 radical (unpaired) electrons. The predicted molar refractivity (Wildman–Crippen MR) is 143 cm³/mol. The number of nitrogens with two attached hydrogens (primary N) is 2. The van der Waals surface area contributed by atoms with Crippen LogP contribution in [0.5, 0.6) is 0 Å². The van der Waals surface area contributed by atoms with Gasteiger partial charge in [-0.2, -0.15) is 0 Å². The molecule has 13 nitrogen and oxygen atoms in total. The smallest absolute Gasteiger partial charge is 0.315 e. The van der Waals surface area contributed by atoms with Crippen LogP contribution in [0.2, 0.25) is 0 Å². The first kappa shape index (κ1) is 31.7. The first-order valence-electron chi connectivity index (χ1n) is 12.2. The molecule has 0 aliphatic carbocycles. The van der Waals surface area contributed by atoms with Crippen LogP contribution in [0.1, 0.15) is 56.6 Å². The van der Waals surface area contributed by atoms with Crippen LogP contribution in [0, 0.1) is 10.8 Å². The third kappa shape index (κ3) is 11.2. The van der Waals surface area contributed by atoms with E-state index in [0.717, 1.165) is 0 Å². The lowest BCUT2D eigenvalue weighted by Gasteiger charge is -2.34. The molecule has 13 heteroatoms. The van der Waals surface area contributed by atoms with Crippen LogP contribution in [0.15, 0.2) is 24.3 Å². The number of hydrogen-bond acceptors (Lipinski definition) is 7. The quantitative estimate of drug-likeness (QED) is 0.0582. The Balaban J connectivity index is 3.07. The Kier molecular flexibility index (Phi) is 13.1. The van der Waals surface area contributed by atoms with Crippen molar-refractivity contribution in [2.24, 2.45) is 11.5 Å². The van der Waals surface area contributed by atoms with E-state index in [2.05, 4.69) is 21.3 Å².